The molecule has 2 aliphatic heterocycles. The van der Waals surface area contributed by atoms with Crippen LogP contribution in [0.4, 0.5) is 0 Å². The molecule has 1 aromatic carbocycles. The first-order valence-corrected chi connectivity index (χ1v) is 8.55. The highest BCUT2D eigenvalue weighted by atomic mass is 16.3. The summed E-state index contributed by atoms with van der Waals surface area (Å²) in [6, 6.07) is 7.14. The third-order valence-electron chi connectivity index (χ3n) is 5.14. The molecule has 0 radical (unpaired) electrons. The Morgan fingerprint density at radius 1 is 1.29 bits per heavy atom. The van der Waals surface area contributed by atoms with Crippen LogP contribution in [-0.2, 0) is 11.2 Å². The van der Waals surface area contributed by atoms with E-state index in [1.807, 2.05) is 17.0 Å². The fourth-order valence-electron chi connectivity index (χ4n) is 3.82. The van der Waals surface area contributed by atoms with Crippen LogP contribution in [0.25, 0.3) is 0 Å². The van der Waals surface area contributed by atoms with Crippen molar-refractivity contribution in [2.24, 2.45) is 0 Å². The molecule has 0 aliphatic carbocycles. The zero-order chi connectivity index (χ0) is 16.5. The molecule has 1 saturated heterocycles. The van der Waals surface area contributed by atoms with E-state index in [2.05, 4.69) is 21.4 Å². The van der Waals surface area contributed by atoms with Gasteiger partial charge in [-0.1, -0.05) is 12.1 Å². The number of H-pyrrole nitrogens is 1. The van der Waals surface area contributed by atoms with Crippen molar-refractivity contribution < 1.29 is 9.90 Å². The van der Waals surface area contributed by atoms with Crippen LogP contribution in [0.3, 0.4) is 0 Å². The number of nitrogens with one attached hydrogen (secondary N) is 2. The molecule has 6 nitrogen and oxygen atoms in total. The first-order valence-electron chi connectivity index (χ1n) is 8.55. The zero-order valence-corrected chi connectivity index (χ0v) is 13.5. The molecule has 1 unspecified atom stereocenters. The number of phenolic OH excluding ortho intramolecular Hbond substituents is 1. The van der Waals surface area contributed by atoms with E-state index in [1.54, 1.807) is 12.4 Å². The van der Waals surface area contributed by atoms with Gasteiger partial charge in [-0.15, -0.1) is 0 Å². The van der Waals surface area contributed by atoms with Crippen LogP contribution < -0.4 is 5.32 Å². The van der Waals surface area contributed by atoms with E-state index in [4.69, 9.17) is 0 Å². The molecule has 0 saturated carbocycles. The Bertz CT molecular complexity index is 734. The maximum Gasteiger partial charge on any atom is 0.246 e. The number of piperidine rings is 1. The molecule has 4 rings (SSSR count). The van der Waals surface area contributed by atoms with E-state index < -0.39 is 0 Å². The number of amides is 1. The van der Waals surface area contributed by atoms with Crippen molar-refractivity contribution in [3.8, 4) is 5.75 Å². The van der Waals surface area contributed by atoms with Gasteiger partial charge in [0.1, 0.15) is 11.8 Å². The molecule has 126 valence electrons. The number of nitrogens with zero attached hydrogens (tertiary/aromatic N) is 2. The average molecular weight is 326 g/mol. The Labute approximate surface area is 140 Å². The van der Waals surface area contributed by atoms with Gasteiger partial charge in [0.2, 0.25) is 5.91 Å². The number of likely N-dealkylation sites (tertiary alicyclic amines) is 1. The summed E-state index contributed by atoms with van der Waals surface area (Å²) in [6.45, 7) is 2.29. The van der Waals surface area contributed by atoms with Gasteiger partial charge in [0.25, 0.3) is 0 Å². The molecule has 0 bridgehead atoms. The van der Waals surface area contributed by atoms with Gasteiger partial charge in [-0.05, 0) is 36.5 Å². The summed E-state index contributed by atoms with van der Waals surface area (Å²) in [5.74, 6) is 0.835. The number of aromatic amines is 1. The zero-order valence-electron chi connectivity index (χ0n) is 13.5. The minimum absolute atomic E-state index is 0.123. The quantitative estimate of drug-likeness (QED) is 0.785. The second-order valence-corrected chi connectivity index (χ2v) is 6.60. The number of fused-ring (bicyclic) bond motifs is 1. The summed E-state index contributed by atoms with van der Waals surface area (Å²) in [5.41, 5.74) is 3.08. The van der Waals surface area contributed by atoms with Crippen LogP contribution in [-0.4, -0.2) is 45.5 Å². The molecule has 3 heterocycles. The third-order valence-corrected chi connectivity index (χ3v) is 5.14. The molecule has 2 aromatic rings. The fraction of sp³-hybridized carbons (Fsp3) is 0.444. The lowest BCUT2D eigenvalue weighted by Gasteiger charge is -2.35. The number of hydrogen-bond donors (Lipinski definition) is 3. The molecule has 24 heavy (non-hydrogen) atoms. The largest absolute Gasteiger partial charge is 0.508 e. The summed E-state index contributed by atoms with van der Waals surface area (Å²) >= 11 is 0. The molecular formula is C18H22N4O2. The maximum atomic E-state index is 12.9. The first kappa shape index (κ1) is 15.2. The van der Waals surface area contributed by atoms with Crippen molar-refractivity contribution in [3.05, 3.63) is 47.5 Å². The van der Waals surface area contributed by atoms with Crippen molar-refractivity contribution in [2.45, 2.75) is 31.2 Å². The number of aromatic nitrogens is 2. The number of rotatable bonds is 2. The molecule has 0 spiro atoms. The lowest BCUT2D eigenvalue weighted by Crippen LogP contribution is -2.46. The highest BCUT2D eigenvalue weighted by Crippen LogP contribution is 2.31. The average Bonchev–Trinajstić information content (AvgIpc) is 3.10. The summed E-state index contributed by atoms with van der Waals surface area (Å²) < 4.78 is 0. The number of phenols is 1. The Morgan fingerprint density at radius 2 is 2.12 bits per heavy atom. The Morgan fingerprint density at radius 3 is 2.92 bits per heavy atom. The van der Waals surface area contributed by atoms with Crippen LogP contribution >= 0.6 is 0 Å². The van der Waals surface area contributed by atoms with E-state index in [-0.39, 0.29) is 11.9 Å². The molecule has 1 aromatic heterocycles. The van der Waals surface area contributed by atoms with Gasteiger partial charge in [-0.2, -0.15) is 0 Å². The summed E-state index contributed by atoms with van der Waals surface area (Å²) in [6.07, 6.45) is 4.41. The SMILES string of the molecule is O=C(C1NCCc2[nH]cnc21)N1CCC(c2cccc(O)c2)CC1. The van der Waals surface area contributed by atoms with Gasteiger partial charge in [-0.25, -0.2) is 4.98 Å². The van der Waals surface area contributed by atoms with Gasteiger partial charge >= 0.3 is 0 Å². The number of imidazole rings is 1. The van der Waals surface area contributed by atoms with E-state index >= 15 is 0 Å². The molecule has 3 N–H and O–H groups in total. The number of carbonyl (C=O) groups is 1. The van der Waals surface area contributed by atoms with Crippen LogP contribution in [0, 0.1) is 0 Å². The van der Waals surface area contributed by atoms with Crippen LogP contribution in [0.2, 0.25) is 0 Å². The van der Waals surface area contributed by atoms with E-state index in [9.17, 15) is 9.90 Å². The Kier molecular flexibility index (Phi) is 3.98. The monoisotopic (exact) mass is 326 g/mol. The summed E-state index contributed by atoms with van der Waals surface area (Å²) in [5, 5.41) is 12.9. The minimum atomic E-state index is -0.322. The van der Waals surface area contributed by atoms with E-state index in [0.29, 0.717) is 11.7 Å². The van der Waals surface area contributed by atoms with Crippen LogP contribution in [0.15, 0.2) is 30.6 Å². The number of hydrogen-bond acceptors (Lipinski definition) is 4. The fourth-order valence-corrected chi connectivity index (χ4v) is 3.82. The predicted octanol–water partition coefficient (Wildman–Crippen LogP) is 1.71. The number of benzene rings is 1. The Hall–Kier alpha value is -2.34. The van der Waals surface area contributed by atoms with E-state index in [1.165, 1.54) is 0 Å². The molecule has 1 atom stereocenters. The smallest absolute Gasteiger partial charge is 0.246 e. The van der Waals surface area contributed by atoms with E-state index in [0.717, 1.165) is 55.8 Å². The number of carbonyl (C=O) groups excluding carboxylic acids is 1. The van der Waals surface area contributed by atoms with Gasteiger partial charge < -0.3 is 20.3 Å². The van der Waals surface area contributed by atoms with Crippen molar-refractivity contribution in [1.82, 2.24) is 20.2 Å². The highest BCUT2D eigenvalue weighted by molar-refractivity contribution is 5.83. The maximum absolute atomic E-state index is 12.9. The second kappa shape index (κ2) is 6.28. The minimum Gasteiger partial charge on any atom is -0.508 e. The van der Waals surface area contributed by atoms with Gasteiger partial charge in [0, 0.05) is 31.7 Å². The normalized spacial score (nSPS) is 21.5. The number of aromatic hydroxyl groups is 1. The Balaban J connectivity index is 1.42. The van der Waals surface area contributed by atoms with Crippen LogP contribution in [0.5, 0.6) is 5.75 Å². The third kappa shape index (κ3) is 2.78. The first-order chi connectivity index (χ1) is 11.7. The summed E-state index contributed by atoms with van der Waals surface area (Å²) in [4.78, 5) is 22.3. The summed E-state index contributed by atoms with van der Waals surface area (Å²) in [7, 11) is 0. The van der Waals surface area contributed by atoms with Crippen molar-refractivity contribution >= 4 is 5.91 Å². The standard InChI is InChI=1S/C18H22N4O2/c23-14-3-1-2-13(10-14)12-5-8-22(9-6-12)18(24)17-16-15(4-7-19-17)20-11-21-16/h1-3,10-12,17,19,23H,4-9H2,(H,20,21). The topological polar surface area (TPSA) is 81.2 Å². The van der Waals surface area contributed by atoms with Gasteiger partial charge in [0.05, 0.1) is 12.0 Å². The van der Waals surface area contributed by atoms with Gasteiger partial charge in [0.15, 0.2) is 0 Å². The van der Waals surface area contributed by atoms with Crippen molar-refractivity contribution in [2.75, 3.05) is 19.6 Å². The molecular weight excluding hydrogens is 304 g/mol. The molecule has 1 amide bonds. The lowest BCUT2D eigenvalue weighted by molar-refractivity contribution is -0.135. The molecule has 6 heteroatoms. The van der Waals surface area contributed by atoms with Gasteiger partial charge in [-0.3, -0.25) is 4.79 Å². The van der Waals surface area contributed by atoms with Crippen molar-refractivity contribution in [1.29, 1.82) is 0 Å². The lowest BCUT2D eigenvalue weighted by atomic mass is 9.89. The molecule has 1 fully saturated rings. The predicted molar refractivity (Wildman–Crippen MR) is 89.7 cm³/mol. The van der Waals surface area contributed by atoms with Crippen LogP contribution in [0.1, 0.15) is 41.8 Å². The second-order valence-electron chi connectivity index (χ2n) is 6.60. The van der Waals surface area contributed by atoms with Crippen molar-refractivity contribution in [3.63, 3.8) is 0 Å². The molecule has 2 aliphatic rings. The highest BCUT2D eigenvalue weighted by Gasteiger charge is 2.33.